The number of amides is 1. The Morgan fingerprint density at radius 2 is 2.20 bits per heavy atom. The van der Waals surface area contributed by atoms with Crippen LogP contribution < -0.4 is 10.6 Å². The minimum atomic E-state index is -0.0316. The van der Waals surface area contributed by atoms with Crippen LogP contribution in [0.1, 0.15) is 20.3 Å². The van der Waals surface area contributed by atoms with E-state index in [1.165, 1.54) is 0 Å². The van der Waals surface area contributed by atoms with Crippen LogP contribution in [0.3, 0.4) is 0 Å². The summed E-state index contributed by atoms with van der Waals surface area (Å²) in [5, 5.41) is 6.46. The van der Waals surface area contributed by atoms with Crippen LogP contribution >= 0.6 is 0 Å². The molecule has 1 saturated heterocycles. The van der Waals surface area contributed by atoms with Crippen LogP contribution in [-0.2, 0) is 4.79 Å². The Bertz CT molecular complexity index is 200. The summed E-state index contributed by atoms with van der Waals surface area (Å²) < 4.78 is 0. The van der Waals surface area contributed by atoms with Gasteiger partial charge in [0.25, 0.3) is 0 Å². The van der Waals surface area contributed by atoms with Gasteiger partial charge in [-0.3, -0.25) is 4.79 Å². The minimum absolute atomic E-state index is 0.0316. The molecule has 15 heavy (non-hydrogen) atoms. The number of piperazine rings is 1. The lowest BCUT2D eigenvalue weighted by Gasteiger charge is -2.28. The van der Waals surface area contributed by atoms with Crippen molar-refractivity contribution in [2.75, 3.05) is 33.2 Å². The third-order valence-electron chi connectivity index (χ3n) is 2.76. The maximum Gasteiger partial charge on any atom is 0.240 e. The van der Waals surface area contributed by atoms with Crippen LogP contribution in [0.25, 0.3) is 0 Å². The molecule has 4 nitrogen and oxygen atoms in total. The van der Waals surface area contributed by atoms with Crippen molar-refractivity contribution in [2.24, 2.45) is 5.92 Å². The topological polar surface area (TPSA) is 44.4 Å². The number of likely N-dealkylation sites (N-methyl/N-ethyl adjacent to an activating group) is 1. The van der Waals surface area contributed by atoms with E-state index in [0.29, 0.717) is 5.92 Å². The van der Waals surface area contributed by atoms with Crippen molar-refractivity contribution in [3.8, 4) is 0 Å². The first-order valence-corrected chi connectivity index (χ1v) is 5.80. The molecular formula is C11H23N3O. The Labute approximate surface area is 92.4 Å². The Morgan fingerprint density at radius 3 is 2.73 bits per heavy atom. The van der Waals surface area contributed by atoms with E-state index in [9.17, 15) is 4.79 Å². The van der Waals surface area contributed by atoms with Gasteiger partial charge in [-0.1, -0.05) is 13.8 Å². The van der Waals surface area contributed by atoms with Crippen LogP contribution in [0.15, 0.2) is 0 Å². The number of carbonyl (C=O) groups excluding carboxylic acids is 1. The molecular weight excluding hydrogens is 190 g/mol. The van der Waals surface area contributed by atoms with E-state index in [2.05, 4.69) is 24.5 Å². The van der Waals surface area contributed by atoms with Gasteiger partial charge in [-0.25, -0.2) is 0 Å². The standard InChI is InChI=1S/C11H23N3O/c1-9(2)4-7-14(3)11(15)10-8-12-5-6-13-10/h9-10,12-13H,4-8H2,1-3H3. The van der Waals surface area contributed by atoms with Crippen LogP contribution in [-0.4, -0.2) is 50.1 Å². The van der Waals surface area contributed by atoms with Crippen molar-refractivity contribution in [3.63, 3.8) is 0 Å². The molecule has 0 spiro atoms. The predicted molar refractivity (Wildman–Crippen MR) is 61.8 cm³/mol. The summed E-state index contributed by atoms with van der Waals surface area (Å²) in [4.78, 5) is 13.8. The van der Waals surface area contributed by atoms with Gasteiger partial charge in [0.05, 0.1) is 6.04 Å². The summed E-state index contributed by atoms with van der Waals surface area (Å²) in [7, 11) is 1.89. The van der Waals surface area contributed by atoms with Crippen molar-refractivity contribution >= 4 is 5.91 Å². The average Bonchev–Trinajstić information content (AvgIpc) is 2.26. The van der Waals surface area contributed by atoms with Gasteiger partial charge in [0, 0.05) is 33.2 Å². The molecule has 0 aromatic carbocycles. The molecule has 1 rings (SSSR count). The summed E-state index contributed by atoms with van der Waals surface area (Å²) in [6.45, 7) is 7.81. The zero-order valence-corrected chi connectivity index (χ0v) is 10.0. The summed E-state index contributed by atoms with van der Waals surface area (Å²) in [6.07, 6.45) is 1.07. The summed E-state index contributed by atoms with van der Waals surface area (Å²) in [6, 6.07) is -0.0316. The highest BCUT2D eigenvalue weighted by atomic mass is 16.2. The molecule has 1 fully saturated rings. The molecule has 0 bridgehead atoms. The number of nitrogens with zero attached hydrogens (tertiary/aromatic N) is 1. The summed E-state index contributed by atoms with van der Waals surface area (Å²) >= 11 is 0. The molecule has 0 aromatic rings. The molecule has 0 aromatic heterocycles. The molecule has 1 atom stereocenters. The molecule has 1 unspecified atom stereocenters. The second-order valence-electron chi connectivity index (χ2n) is 4.65. The minimum Gasteiger partial charge on any atom is -0.344 e. The first-order valence-electron chi connectivity index (χ1n) is 5.80. The molecule has 88 valence electrons. The summed E-state index contributed by atoms with van der Waals surface area (Å²) in [5.41, 5.74) is 0. The highest BCUT2D eigenvalue weighted by Crippen LogP contribution is 2.02. The van der Waals surface area contributed by atoms with E-state index in [-0.39, 0.29) is 11.9 Å². The van der Waals surface area contributed by atoms with Crippen LogP contribution in [0.4, 0.5) is 0 Å². The Kier molecular flexibility index (Phi) is 5.05. The molecule has 1 aliphatic rings. The van der Waals surface area contributed by atoms with Gasteiger partial charge in [-0.15, -0.1) is 0 Å². The van der Waals surface area contributed by atoms with E-state index >= 15 is 0 Å². The third-order valence-corrected chi connectivity index (χ3v) is 2.76. The average molecular weight is 213 g/mol. The Balaban J connectivity index is 2.30. The van der Waals surface area contributed by atoms with Crippen molar-refractivity contribution in [1.82, 2.24) is 15.5 Å². The zero-order valence-electron chi connectivity index (χ0n) is 10.0. The normalized spacial score (nSPS) is 21.7. The van der Waals surface area contributed by atoms with Gasteiger partial charge >= 0.3 is 0 Å². The highest BCUT2D eigenvalue weighted by molar-refractivity contribution is 5.82. The largest absolute Gasteiger partial charge is 0.344 e. The maximum atomic E-state index is 11.9. The lowest BCUT2D eigenvalue weighted by atomic mass is 10.1. The van der Waals surface area contributed by atoms with E-state index < -0.39 is 0 Å². The van der Waals surface area contributed by atoms with Crippen molar-refractivity contribution in [2.45, 2.75) is 26.3 Å². The third kappa shape index (κ3) is 4.18. The van der Waals surface area contributed by atoms with Gasteiger partial charge in [0.1, 0.15) is 0 Å². The molecule has 0 saturated carbocycles. The highest BCUT2D eigenvalue weighted by Gasteiger charge is 2.23. The fraction of sp³-hybridized carbons (Fsp3) is 0.909. The van der Waals surface area contributed by atoms with Crippen molar-refractivity contribution in [3.05, 3.63) is 0 Å². The van der Waals surface area contributed by atoms with Gasteiger partial charge in [-0.2, -0.15) is 0 Å². The van der Waals surface area contributed by atoms with Gasteiger partial charge in [0.15, 0.2) is 0 Å². The maximum absolute atomic E-state index is 11.9. The van der Waals surface area contributed by atoms with E-state index in [4.69, 9.17) is 0 Å². The Hall–Kier alpha value is -0.610. The van der Waals surface area contributed by atoms with Gasteiger partial charge in [0.2, 0.25) is 5.91 Å². The monoisotopic (exact) mass is 213 g/mol. The second kappa shape index (κ2) is 6.08. The SMILES string of the molecule is CC(C)CCN(C)C(=O)C1CNCCN1. The number of hydrogen-bond acceptors (Lipinski definition) is 3. The van der Waals surface area contributed by atoms with Crippen LogP contribution in [0.5, 0.6) is 0 Å². The molecule has 4 heteroatoms. The quantitative estimate of drug-likeness (QED) is 0.694. The second-order valence-corrected chi connectivity index (χ2v) is 4.65. The molecule has 1 amide bonds. The number of carbonyl (C=O) groups is 1. The number of rotatable bonds is 4. The smallest absolute Gasteiger partial charge is 0.240 e. The molecule has 1 heterocycles. The molecule has 0 aliphatic carbocycles. The molecule has 0 radical (unpaired) electrons. The zero-order chi connectivity index (χ0) is 11.3. The molecule has 2 N–H and O–H groups in total. The first-order chi connectivity index (χ1) is 7.11. The fourth-order valence-electron chi connectivity index (χ4n) is 1.66. The molecule has 1 aliphatic heterocycles. The van der Waals surface area contributed by atoms with Gasteiger partial charge in [-0.05, 0) is 12.3 Å². The van der Waals surface area contributed by atoms with Crippen molar-refractivity contribution < 1.29 is 4.79 Å². The predicted octanol–water partition coefficient (Wildman–Crippen LogP) is 0.0523. The van der Waals surface area contributed by atoms with Crippen LogP contribution in [0, 0.1) is 5.92 Å². The van der Waals surface area contributed by atoms with Crippen LogP contribution in [0.2, 0.25) is 0 Å². The first kappa shape index (κ1) is 12.5. The van der Waals surface area contributed by atoms with E-state index in [1.54, 1.807) is 0 Å². The Morgan fingerprint density at radius 1 is 1.47 bits per heavy atom. The fourth-order valence-corrected chi connectivity index (χ4v) is 1.66. The van der Waals surface area contributed by atoms with E-state index in [0.717, 1.165) is 32.6 Å². The number of nitrogens with one attached hydrogen (secondary N) is 2. The van der Waals surface area contributed by atoms with E-state index in [1.807, 2.05) is 11.9 Å². The van der Waals surface area contributed by atoms with Gasteiger partial charge < -0.3 is 15.5 Å². The lowest BCUT2D eigenvalue weighted by Crippen LogP contribution is -2.56. The van der Waals surface area contributed by atoms with Crippen molar-refractivity contribution in [1.29, 1.82) is 0 Å². The number of hydrogen-bond donors (Lipinski definition) is 2. The summed E-state index contributed by atoms with van der Waals surface area (Å²) in [5.74, 6) is 0.862. The lowest BCUT2D eigenvalue weighted by molar-refractivity contribution is -0.132.